The molecule has 1 saturated heterocycles. The number of morpholine rings is 1. The highest BCUT2D eigenvalue weighted by Crippen LogP contribution is 2.18. The molecule has 1 fully saturated rings. The molecule has 6 nitrogen and oxygen atoms in total. The number of amides is 1. The summed E-state index contributed by atoms with van der Waals surface area (Å²) in [6.45, 7) is 4.16. The number of hydrogen-bond acceptors (Lipinski definition) is 6. The standard InChI is InChI=1S/C18H21N3O3S/c1-23-16-4-2-3-14(11-16)5-6-17(22)20-18-19-15(13-25-18)12-21-7-9-24-10-8-21/h2-6,11,13H,7-10,12H2,1H3,(H,19,20,22)/b6-5+. The number of rotatable bonds is 6. The Balaban J connectivity index is 1.53. The second-order valence-electron chi connectivity index (χ2n) is 5.63. The molecule has 0 atom stereocenters. The molecule has 1 aromatic heterocycles. The summed E-state index contributed by atoms with van der Waals surface area (Å²) >= 11 is 1.44. The monoisotopic (exact) mass is 359 g/mol. The van der Waals surface area contributed by atoms with E-state index in [4.69, 9.17) is 9.47 Å². The number of methoxy groups -OCH3 is 1. The maximum Gasteiger partial charge on any atom is 0.250 e. The molecule has 1 aliphatic rings. The minimum absolute atomic E-state index is 0.199. The van der Waals surface area contributed by atoms with Crippen LogP contribution in [-0.4, -0.2) is 49.2 Å². The number of nitrogens with zero attached hydrogens (tertiary/aromatic N) is 2. The highest BCUT2D eigenvalue weighted by atomic mass is 32.1. The van der Waals surface area contributed by atoms with Gasteiger partial charge in [0, 0.05) is 31.1 Å². The van der Waals surface area contributed by atoms with Crippen molar-refractivity contribution in [2.45, 2.75) is 6.54 Å². The molecule has 0 radical (unpaired) electrons. The lowest BCUT2D eigenvalue weighted by Gasteiger charge is -2.25. The van der Waals surface area contributed by atoms with Gasteiger partial charge in [0.15, 0.2) is 5.13 Å². The van der Waals surface area contributed by atoms with E-state index in [1.165, 1.54) is 17.4 Å². The van der Waals surface area contributed by atoms with E-state index in [2.05, 4.69) is 15.2 Å². The zero-order valence-corrected chi connectivity index (χ0v) is 14.9. The summed E-state index contributed by atoms with van der Waals surface area (Å²) in [6, 6.07) is 7.53. The number of carbonyl (C=O) groups excluding carboxylic acids is 1. The Labute approximate surface area is 151 Å². The van der Waals surface area contributed by atoms with Gasteiger partial charge in [-0.1, -0.05) is 12.1 Å². The minimum atomic E-state index is -0.199. The smallest absolute Gasteiger partial charge is 0.250 e. The summed E-state index contributed by atoms with van der Waals surface area (Å²) in [6.07, 6.45) is 3.25. The molecule has 0 bridgehead atoms. The fourth-order valence-corrected chi connectivity index (χ4v) is 3.19. The maximum absolute atomic E-state index is 12.1. The zero-order chi connectivity index (χ0) is 17.5. The number of nitrogens with one attached hydrogen (secondary N) is 1. The van der Waals surface area contributed by atoms with Crippen LogP contribution in [0.1, 0.15) is 11.3 Å². The van der Waals surface area contributed by atoms with Gasteiger partial charge in [0.25, 0.3) is 0 Å². The average molecular weight is 359 g/mol. The first-order valence-electron chi connectivity index (χ1n) is 8.10. The van der Waals surface area contributed by atoms with Gasteiger partial charge in [0.2, 0.25) is 5.91 Å². The van der Waals surface area contributed by atoms with Crippen LogP contribution in [0.15, 0.2) is 35.7 Å². The Kier molecular flexibility index (Phi) is 6.16. The lowest BCUT2D eigenvalue weighted by molar-refractivity contribution is -0.111. The lowest BCUT2D eigenvalue weighted by atomic mass is 10.2. The van der Waals surface area contributed by atoms with Gasteiger partial charge < -0.3 is 9.47 Å². The van der Waals surface area contributed by atoms with Gasteiger partial charge in [0.05, 0.1) is 26.0 Å². The van der Waals surface area contributed by atoms with Crippen molar-refractivity contribution >= 4 is 28.5 Å². The van der Waals surface area contributed by atoms with Crippen molar-refractivity contribution < 1.29 is 14.3 Å². The van der Waals surface area contributed by atoms with Crippen molar-refractivity contribution in [2.24, 2.45) is 0 Å². The molecule has 25 heavy (non-hydrogen) atoms. The van der Waals surface area contributed by atoms with Crippen LogP contribution in [-0.2, 0) is 16.1 Å². The second kappa shape index (κ2) is 8.75. The third-order valence-corrected chi connectivity index (χ3v) is 4.60. The molecular formula is C18H21N3O3S. The van der Waals surface area contributed by atoms with E-state index in [1.54, 1.807) is 13.2 Å². The van der Waals surface area contributed by atoms with E-state index >= 15 is 0 Å². The SMILES string of the molecule is COc1cccc(/C=C/C(=O)Nc2nc(CN3CCOCC3)cs2)c1. The molecule has 1 amide bonds. The molecule has 1 N–H and O–H groups in total. The molecule has 2 aromatic rings. The summed E-state index contributed by atoms with van der Waals surface area (Å²) in [5.41, 5.74) is 1.88. The first kappa shape index (κ1) is 17.6. The molecule has 7 heteroatoms. The number of anilines is 1. The van der Waals surface area contributed by atoms with Gasteiger partial charge in [0.1, 0.15) is 5.75 Å². The number of ether oxygens (including phenoxy) is 2. The van der Waals surface area contributed by atoms with E-state index in [-0.39, 0.29) is 5.91 Å². The van der Waals surface area contributed by atoms with Crippen LogP contribution in [0.3, 0.4) is 0 Å². The van der Waals surface area contributed by atoms with Crippen molar-refractivity contribution in [2.75, 3.05) is 38.7 Å². The Morgan fingerprint density at radius 1 is 1.44 bits per heavy atom. The Bertz CT molecular complexity index is 739. The third kappa shape index (κ3) is 5.38. The van der Waals surface area contributed by atoms with Crippen LogP contribution in [0.5, 0.6) is 5.75 Å². The molecule has 0 spiro atoms. The fourth-order valence-electron chi connectivity index (χ4n) is 2.49. The second-order valence-corrected chi connectivity index (χ2v) is 6.49. The van der Waals surface area contributed by atoms with E-state index < -0.39 is 0 Å². The molecule has 0 aliphatic carbocycles. The first-order chi connectivity index (χ1) is 12.2. The maximum atomic E-state index is 12.1. The molecule has 1 aliphatic heterocycles. The summed E-state index contributed by atoms with van der Waals surface area (Å²) in [7, 11) is 1.62. The molecule has 2 heterocycles. The van der Waals surface area contributed by atoms with Crippen LogP contribution >= 0.6 is 11.3 Å². The molecule has 0 saturated carbocycles. The Morgan fingerprint density at radius 3 is 3.08 bits per heavy atom. The largest absolute Gasteiger partial charge is 0.497 e. The van der Waals surface area contributed by atoms with Crippen LogP contribution in [0.2, 0.25) is 0 Å². The zero-order valence-electron chi connectivity index (χ0n) is 14.1. The van der Waals surface area contributed by atoms with Crippen LogP contribution in [0.25, 0.3) is 6.08 Å². The minimum Gasteiger partial charge on any atom is -0.497 e. The van der Waals surface area contributed by atoms with Gasteiger partial charge in [-0.3, -0.25) is 15.0 Å². The number of aromatic nitrogens is 1. The first-order valence-corrected chi connectivity index (χ1v) is 8.98. The topological polar surface area (TPSA) is 63.7 Å². The number of carbonyl (C=O) groups is 1. The quantitative estimate of drug-likeness (QED) is 0.804. The van der Waals surface area contributed by atoms with Gasteiger partial charge in [-0.05, 0) is 23.8 Å². The molecular weight excluding hydrogens is 338 g/mol. The molecule has 3 rings (SSSR count). The fraction of sp³-hybridized carbons (Fsp3) is 0.333. The van der Waals surface area contributed by atoms with E-state index in [9.17, 15) is 4.79 Å². The van der Waals surface area contributed by atoms with Crippen molar-refractivity contribution in [3.63, 3.8) is 0 Å². The molecule has 0 unspecified atom stereocenters. The number of hydrogen-bond donors (Lipinski definition) is 1. The van der Waals surface area contributed by atoms with Gasteiger partial charge in [-0.15, -0.1) is 11.3 Å². The van der Waals surface area contributed by atoms with Crippen LogP contribution < -0.4 is 10.1 Å². The normalized spacial score (nSPS) is 15.4. The average Bonchev–Trinajstić information content (AvgIpc) is 3.08. The predicted octanol–water partition coefficient (Wildman–Crippen LogP) is 2.64. The summed E-state index contributed by atoms with van der Waals surface area (Å²) < 4.78 is 10.5. The summed E-state index contributed by atoms with van der Waals surface area (Å²) in [4.78, 5) is 18.8. The Hall–Kier alpha value is -2.22. The summed E-state index contributed by atoms with van der Waals surface area (Å²) in [5, 5.41) is 5.40. The summed E-state index contributed by atoms with van der Waals surface area (Å²) in [5.74, 6) is 0.560. The van der Waals surface area contributed by atoms with Gasteiger partial charge in [-0.25, -0.2) is 4.98 Å². The van der Waals surface area contributed by atoms with Crippen molar-refractivity contribution in [1.82, 2.24) is 9.88 Å². The van der Waals surface area contributed by atoms with E-state index in [1.807, 2.05) is 29.6 Å². The predicted molar refractivity (Wildman–Crippen MR) is 98.9 cm³/mol. The van der Waals surface area contributed by atoms with Crippen LogP contribution in [0, 0.1) is 0 Å². The third-order valence-electron chi connectivity index (χ3n) is 3.79. The van der Waals surface area contributed by atoms with Gasteiger partial charge >= 0.3 is 0 Å². The number of benzene rings is 1. The van der Waals surface area contributed by atoms with Crippen molar-refractivity contribution in [1.29, 1.82) is 0 Å². The van der Waals surface area contributed by atoms with E-state index in [0.29, 0.717) is 5.13 Å². The highest BCUT2D eigenvalue weighted by Gasteiger charge is 2.13. The molecule has 1 aromatic carbocycles. The molecule has 132 valence electrons. The number of thiazole rings is 1. The van der Waals surface area contributed by atoms with Crippen molar-refractivity contribution in [3.8, 4) is 5.75 Å². The highest BCUT2D eigenvalue weighted by molar-refractivity contribution is 7.13. The van der Waals surface area contributed by atoms with E-state index in [0.717, 1.165) is 49.9 Å². The van der Waals surface area contributed by atoms with Crippen molar-refractivity contribution in [3.05, 3.63) is 47.0 Å². The van der Waals surface area contributed by atoms with Gasteiger partial charge in [-0.2, -0.15) is 0 Å². The Morgan fingerprint density at radius 2 is 2.28 bits per heavy atom. The lowest BCUT2D eigenvalue weighted by Crippen LogP contribution is -2.35. The van der Waals surface area contributed by atoms with Crippen LogP contribution in [0.4, 0.5) is 5.13 Å².